The molecule has 0 saturated heterocycles. The van der Waals surface area contributed by atoms with Crippen molar-refractivity contribution in [1.29, 1.82) is 0 Å². The molecule has 0 spiro atoms. The molecule has 3 rings (SSSR count). The average Bonchev–Trinajstić information content (AvgIpc) is 2.99. The van der Waals surface area contributed by atoms with E-state index in [9.17, 15) is 9.59 Å². The number of methoxy groups -OCH3 is 1. The van der Waals surface area contributed by atoms with Crippen LogP contribution in [-0.4, -0.2) is 24.1 Å². The number of carbonyl (C=O) groups is 2. The summed E-state index contributed by atoms with van der Waals surface area (Å²) in [7, 11) is 1.52. The molecule has 0 aliphatic carbocycles. The predicted molar refractivity (Wildman–Crippen MR) is 118 cm³/mol. The second-order valence-electron chi connectivity index (χ2n) is 5.96. The van der Waals surface area contributed by atoms with Gasteiger partial charge in [-0.05, 0) is 53.2 Å². The highest BCUT2D eigenvalue weighted by molar-refractivity contribution is 9.10. The average molecular weight is 496 g/mol. The number of aliphatic imine (C=N–C) groups is 1. The van der Waals surface area contributed by atoms with Crippen molar-refractivity contribution in [1.82, 2.24) is 5.32 Å². The van der Waals surface area contributed by atoms with Gasteiger partial charge in [0.25, 0.3) is 5.91 Å². The first-order valence-corrected chi connectivity index (χ1v) is 10.4. The van der Waals surface area contributed by atoms with Gasteiger partial charge in [-0.15, -0.1) is 0 Å². The van der Waals surface area contributed by atoms with Gasteiger partial charge in [0.05, 0.1) is 17.0 Å². The van der Waals surface area contributed by atoms with Crippen LogP contribution in [0.1, 0.15) is 18.1 Å². The quantitative estimate of drug-likeness (QED) is 0.603. The van der Waals surface area contributed by atoms with E-state index < -0.39 is 5.91 Å². The van der Waals surface area contributed by atoms with Gasteiger partial charge in [0, 0.05) is 11.4 Å². The highest BCUT2D eigenvalue weighted by Gasteiger charge is 2.23. The van der Waals surface area contributed by atoms with Gasteiger partial charge in [0.2, 0.25) is 5.91 Å². The molecule has 0 radical (unpaired) electrons. The molecule has 1 N–H and O–H groups in total. The summed E-state index contributed by atoms with van der Waals surface area (Å²) >= 11 is 10.9. The van der Waals surface area contributed by atoms with E-state index in [1.165, 1.54) is 14.0 Å². The van der Waals surface area contributed by atoms with E-state index in [0.29, 0.717) is 33.6 Å². The Labute approximate surface area is 185 Å². The molecule has 29 heavy (non-hydrogen) atoms. The second kappa shape index (κ2) is 9.47. The Morgan fingerprint density at radius 2 is 2.03 bits per heavy atom. The van der Waals surface area contributed by atoms with E-state index in [-0.39, 0.29) is 11.1 Å². The number of nitrogens with zero attached hydrogens (tertiary/aromatic N) is 1. The Morgan fingerprint density at radius 1 is 1.31 bits per heavy atom. The van der Waals surface area contributed by atoms with Gasteiger partial charge < -0.3 is 14.8 Å². The molecule has 9 heteroatoms. The van der Waals surface area contributed by atoms with Crippen LogP contribution in [0.15, 0.2) is 50.8 Å². The minimum absolute atomic E-state index is 0.251. The molecule has 1 heterocycles. The van der Waals surface area contributed by atoms with Crippen LogP contribution in [0.5, 0.6) is 11.5 Å². The molecule has 2 amide bonds. The third-order valence-electron chi connectivity index (χ3n) is 3.75. The van der Waals surface area contributed by atoms with Gasteiger partial charge >= 0.3 is 0 Å². The van der Waals surface area contributed by atoms with Crippen molar-refractivity contribution in [3.05, 3.63) is 61.9 Å². The summed E-state index contributed by atoms with van der Waals surface area (Å²) in [6.45, 7) is 1.68. The second-order valence-corrected chi connectivity index (χ2v) is 8.32. The number of ether oxygens (including phenoxy) is 2. The summed E-state index contributed by atoms with van der Waals surface area (Å²) in [5, 5.41) is 3.11. The maximum absolute atomic E-state index is 12.0. The Morgan fingerprint density at radius 3 is 2.69 bits per heavy atom. The summed E-state index contributed by atoms with van der Waals surface area (Å²) < 4.78 is 12.3. The number of hydrogen-bond donors (Lipinski definition) is 1. The minimum Gasteiger partial charge on any atom is -0.493 e. The first-order valence-electron chi connectivity index (χ1n) is 8.40. The van der Waals surface area contributed by atoms with Gasteiger partial charge in [-0.2, -0.15) is 4.99 Å². The third kappa shape index (κ3) is 5.62. The minimum atomic E-state index is -0.426. The van der Waals surface area contributed by atoms with E-state index in [0.717, 1.165) is 21.8 Å². The van der Waals surface area contributed by atoms with Gasteiger partial charge in [-0.25, -0.2) is 0 Å². The number of rotatable bonds is 5. The number of nitrogens with one attached hydrogen (secondary N) is 1. The van der Waals surface area contributed by atoms with Crippen molar-refractivity contribution in [2.75, 3.05) is 7.11 Å². The lowest BCUT2D eigenvalue weighted by Crippen LogP contribution is -2.23. The zero-order valence-corrected chi connectivity index (χ0v) is 18.7. The maximum atomic E-state index is 12.0. The lowest BCUT2D eigenvalue weighted by molar-refractivity contribution is -0.117. The smallest absolute Gasteiger partial charge is 0.286 e. The summed E-state index contributed by atoms with van der Waals surface area (Å²) in [5.74, 6) is 0.145. The van der Waals surface area contributed by atoms with Gasteiger partial charge in [-0.3, -0.25) is 9.59 Å². The molecule has 2 aromatic carbocycles. The fourth-order valence-corrected chi connectivity index (χ4v) is 3.86. The monoisotopic (exact) mass is 494 g/mol. The van der Waals surface area contributed by atoms with Gasteiger partial charge in [-0.1, -0.05) is 39.7 Å². The Kier molecular flexibility index (Phi) is 7.00. The van der Waals surface area contributed by atoms with Crippen molar-refractivity contribution in [2.24, 2.45) is 4.99 Å². The van der Waals surface area contributed by atoms with Crippen molar-refractivity contribution in [2.45, 2.75) is 13.5 Å². The van der Waals surface area contributed by atoms with E-state index in [4.69, 9.17) is 21.1 Å². The lowest BCUT2D eigenvalue weighted by atomic mass is 10.1. The zero-order chi connectivity index (χ0) is 21.0. The summed E-state index contributed by atoms with van der Waals surface area (Å²) in [6, 6.07) is 11.1. The normalized spacial score (nSPS) is 14.7. The van der Waals surface area contributed by atoms with E-state index >= 15 is 0 Å². The van der Waals surface area contributed by atoms with Crippen molar-refractivity contribution in [3.63, 3.8) is 0 Å². The number of amidine groups is 1. The number of halogens is 2. The molecule has 0 aromatic heterocycles. The standard InChI is InChI=1S/C20H16BrClN2O4S/c1-11(25)23-20-24-19(26)17(29-20)9-13-7-15(22)18(16(8-13)27-2)28-10-12-3-5-14(21)6-4-12/h3-9H,10H2,1-2H3,(H,23,24,25,26)/b17-9+. The van der Waals surface area contributed by atoms with Crippen LogP contribution in [-0.2, 0) is 16.2 Å². The summed E-state index contributed by atoms with van der Waals surface area (Å²) in [4.78, 5) is 27.3. The molecule has 1 aliphatic rings. The van der Waals surface area contributed by atoms with E-state index in [1.807, 2.05) is 24.3 Å². The molecule has 6 nitrogen and oxygen atoms in total. The third-order valence-corrected chi connectivity index (χ3v) is 5.46. The zero-order valence-electron chi connectivity index (χ0n) is 15.5. The number of benzene rings is 2. The maximum Gasteiger partial charge on any atom is 0.286 e. The molecule has 150 valence electrons. The van der Waals surface area contributed by atoms with Crippen LogP contribution < -0.4 is 14.8 Å². The fraction of sp³-hybridized carbons (Fsp3) is 0.150. The van der Waals surface area contributed by atoms with Crippen LogP contribution in [0.4, 0.5) is 0 Å². The largest absolute Gasteiger partial charge is 0.493 e. The first kappa shape index (κ1) is 21.4. The predicted octanol–water partition coefficient (Wildman–Crippen LogP) is 4.80. The van der Waals surface area contributed by atoms with E-state index in [1.54, 1.807) is 18.2 Å². The molecule has 0 fully saturated rings. The fourth-order valence-electron chi connectivity index (χ4n) is 2.46. The lowest BCUT2D eigenvalue weighted by Gasteiger charge is -2.13. The Balaban J connectivity index is 1.79. The van der Waals surface area contributed by atoms with Crippen molar-refractivity contribution in [3.8, 4) is 11.5 Å². The summed E-state index contributed by atoms with van der Waals surface area (Å²) in [5.41, 5.74) is 1.63. The van der Waals surface area contributed by atoms with Crippen LogP contribution in [0.2, 0.25) is 5.02 Å². The molecule has 0 bridgehead atoms. The topological polar surface area (TPSA) is 77.0 Å². The molecule has 0 atom stereocenters. The van der Waals surface area contributed by atoms with E-state index in [2.05, 4.69) is 26.2 Å². The Bertz CT molecular complexity index is 1020. The Hall–Kier alpha value is -2.29. The molecule has 1 aliphatic heterocycles. The van der Waals surface area contributed by atoms with Crippen molar-refractivity contribution < 1.29 is 19.1 Å². The highest BCUT2D eigenvalue weighted by Crippen LogP contribution is 2.38. The number of carbonyl (C=O) groups excluding carboxylic acids is 2. The molecule has 0 unspecified atom stereocenters. The molecular weight excluding hydrogens is 480 g/mol. The first-order chi connectivity index (χ1) is 13.9. The van der Waals surface area contributed by atoms with Gasteiger partial charge in [0.1, 0.15) is 6.61 Å². The van der Waals surface area contributed by atoms with Crippen LogP contribution in [0.3, 0.4) is 0 Å². The van der Waals surface area contributed by atoms with Crippen LogP contribution in [0.25, 0.3) is 6.08 Å². The van der Waals surface area contributed by atoms with Crippen LogP contribution >= 0.6 is 39.3 Å². The number of hydrogen-bond acceptors (Lipinski definition) is 5. The molecule has 2 aromatic rings. The summed E-state index contributed by atoms with van der Waals surface area (Å²) in [6.07, 6.45) is 1.64. The van der Waals surface area contributed by atoms with Crippen molar-refractivity contribution >= 4 is 62.4 Å². The number of thioether (sulfide) groups is 1. The van der Waals surface area contributed by atoms with Gasteiger partial charge in [0.15, 0.2) is 16.7 Å². The SMILES string of the molecule is COc1cc(/C=C2/SC(NC(C)=O)=NC2=O)cc(Cl)c1OCc1ccc(Br)cc1. The number of amides is 2. The van der Waals surface area contributed by atoms with Crippen LogP contribution in [0, 0.1) is 0 Å². The molecular formula is C20H16BrClN2O4S. The highest BCUT2D eigenvalue weighted by atomic mass is 79.9. The molecule has 0 saturated carbocycles.